The van der Waals surface area contributed by atoms with Crippen molar-refractivity contribution < 1.29 is 9.47 Å². The Morgan fingerprint density at radius 3 is 2.76 bits per heavy atom. The molecule has 2 heterocycles. The van der Waals surface area contributed by atoms with Gasteiger partial charge in [-0.15, -0.1) is 23.1 Å². The lowest BCUT2D eigenvalue weighted by atomic mass is 10.2. The van der Waals surface area contributed by atoms with Gasteiger partial charge in [0.05, 0.1) is 0 Å². The summed E-state index contributed by atoms with van der Waals surface area (Å²) in [6.07, 6.45) is 3.18. The zero-order valence-electron chi connectivity index (χ0n) is 12.1. The minimum Gasteiger partial charge on any atom is -0.486 e. The minimum absolute atomic E-state index is 0.636. The van der Waals surface area contributed by atoms with Gasteiger partial charge in [0.15, 0.2) is 11.5 Å². The second kappa shape index (κ2) is 7.20. The van der Waals surface area contributed by atoms with E-state index in [9.17, 15) is 0 Å². The molecule has 0 atom stereocenters. The number of rotatable bonds is 6. The molecule has 0 bridgehead atoms. The zero-order chi connectivity index (χ0) is 14.5. The summed E-state index contributed by atoms with van der Waals surface area (Å²) in [5, 5.41) is 5.65. The molecule has 0 spiro atoms. The molecule has 5 heteroatoms. The number of thiophene rings is 1. The van der Waals surface area contributed by atoms with Crippen molar-refractivity contribution in [2.45, 2.75) is 17.9 Å². The summed E-state index contributed by atoms with van der Waals surface area (Å²) in [5.74, 6) is 1.74. The summed E-state index contributed by atoms with van der Waals surface area (Å²) >= 11 is 3.57. The fourth-order valence-electron chi connectivity index (χ4n) is 2.33. The van der Waals surface area contributed by atoms with Crippen LogP contribution in [0.4, 0.5) is 0 Å². The van der Waals surface area contributed by atoms with Gasteiger partial charge in [0, 0.05) is 22.9 Å². The average Bonchev–Trinajstić information content (AvgIpc) is 3.04. The van der Waals surface area contributed by atoms with Crippen LogP contribution in [-0.2, 0) is 13.0 Å². The third kappa shape index (κ3) is 3.73. The quantitative estimate of drug-likeness (QED) is 0.651. The van der Waals surface area contributed by atoms with Crippen molar-refractivity contribution in [3.63, 3.8) is 0 Å². The lowest BCUT2D eigenvalue weighted by molar-refractivity contribution is 0.171. The first-order valence-electron chi connectivity index (χ1n) is 7.06. The van der Waals surface area contributed by atoms with Gasteiger partial charge in [0.2, 0.25) is 0 Å². The van der Waals surface area contributed by atoms with Crippen molar-refractivity contribution >= 4 is 23.1 Å². The molecule has 1 aromatic heterocycles. The van der Waals surface area contributed by atoms with Crippen LogP contribution in [0.5, 0.6) is 11.5 Å². The molecule has 0 saturated heterocycles. The first kappa shape index (κ1) is 14.8. The second-order valence-corrected chi connectivity index (χ2v) is 6.69. The zero-order valence-corrected chi connectivity index (χ0v) is 13.7. The van der Waals surface area contributed by atoms with E-state index < -0.39 is 0 Å². The summed E-state index contributed by atoms with van der Waals surface area (Å²) in [4.78, 5) is 2.68. The van der Waals surface area contributed by atoms with E-state index in [0.717, 1.165) is 31.0 Å². The Balaban J connectivity index is 1.61. The fraction of sp³-hybridized carbons (Fsp3) is 0.375. The highest BCUT2D eigenvalue weighted by Gasteiger charge is 2.15. The smallest absolute Gasteiger partial charge is 0.162 e. The van der Waals surface area contributed by atoms with Crippen molar-refractivity contribution in [2.75, 3.05) is 26.0 Å². The van der Waals surface area contributed by atoms with E-state index in [1.165, 1.54) is 15.3 Å². The van der Waals surface area contributed by atoms with Crippen molar-refractivity contribution in [3.05, 3.63) is 40.1 Å². The molecule has 1 aromatic carbocycles. The fourth-order valence-corrected chi connectivity index (χ4v) is 3.66. The Morgan fingerprint density at radius 2 is 2.05 bits per heavy atom. The van der Waals surface area contributed by atoms with Gasteiger partial charge in [-0.1, -0.05) is 6.07 Å². The maximum Gasteiger partial charge on any atom is 0.162 e. The van der Waals surface area contributed by atoms with Crippen LogP contribution in [0.15, 0.2) is 34.5 Å². The van der Waals surface area contributed by atoms with Crippen molar-refractivity contribution in [2.24, 2.45) is 0 Å². The van der Waals surface area contributed by atoms with Gasteiger partial charge in [-0.05, 0) is 41.8 Å². The number of hydrogen-bond acceptors (Lipinski definition) is 5. The van der Waals surface area contributed by atoms with E-state index in [1.54, 1.807) is 11.8 Å². The molecule has 3 rings (SSSR count). The third-order valence-electron chi connectivity index (χ3n) is 3.39. The van der Waals surface area contributed by atoms with E-state index in [1.807, 2.05) is 11.3 Å². The number of hydrogen-bond donors (Lipinski definition) is 1. The SMILES string of the molecule is CSc1cc2c(cc1CNCCc1cccs1)OCCO2. The molecule has 0 radical (unpaired) electrons. The molecular formula is C16H19NO2S2. The topological polar surface area (TPSA) is 30.5 Å². The van der Waals surface area contributed by atoms with Crippen LogP contribution < -0.4 is 14.8 Å². The molecule has 2 aromatic rings. The molecule has 3 nitrogen and oxygen atoms in total. The summed E-state index contributed by atoms with van der Waals surface area (Å²) in [6.45, 7) is 3.12. The van der Waals surface area contributed by atoms with E-state index in [4.69, 9.17) is 9.47 Å². The first-order chi connectivity index (χ1) is 10.4. The Hall–Kier alpha value is -1.17. The van der Waals surface area contributed by atoms with Crippen molar-refractivity contribution in [1.29, 1.82) is 0 Å². The molecule has 0 amide bonds. The molecule has 112 valence electrons. The second-order valence-electron chi connectivity index (χ2n) is 4.81. The Kier molecular flexibility index (Phi) is 5.06. The number of fused-ring (bicyclic) bond motifs is 1. The van der Waals surface area contributed by atoms with Gasteiger partial charge in [-0.25, -0.2) is 0 Å². The Labute approximate surface area is 133 Å². The monoisotopic (exact) mass is 321 g/mol. The number of benzene rings is 1. The Bertz CT molecular complexity index is 584. The Morgan fingerprint density at radius 1 is 1.24 bits per heavy atom. The normalized spacial score (nSPS) is 13.4. The average molecular weight is 321 g/mol. The van der Waals surface area contributed by atoms with Crippen LogP contribution in [0.3, 0.4) is 0 Å². The minimum atomic E-state index is 0.636. The summed E-state index contributed by atoms with van der Waals surface area (Å²) in [6, 6.07) is 8.49. The van der Waals surface area contributed by atoms with E-state index in [2.05, 4.69) is 41.2 Å². The molecule has 0 unspecified atom stereocenters. The molecule has 0 aliphatic carbocycles. The van der Waals surface area contributed by atoms with Gasteiger partial charge in [0.25, 0.3) is 0 Å². The van der Waals surface area contributed by atoms with Crippen molar-refractivity contribution in [3.8, 4) is 11.5 Å². The van der Waals surface area contributed by atoms with E-state index >= 15 is 0 Å². The molecule has 21 heavy (non-hydrogen) atoms. The predicted octanol–water partition coefficient (Wildman–Crippen LogP) is 3.57. The number of nitrogens with one attached hydrogen (secondary N) is 1. The number of thioether (sulfide) groups is 1. The van der Waals surface area contributed by atoms with Crippen LogP contribution >= 0.6 is 23.1 Å². The van der Waals surface area contributed by atoms with Crippen LogP contribution in [-0.4, -0.2) is 26.0 Å². The molecule has 0 fully saturated rings. The van der Waals surface area contributed by atoms with Crippen LogP contribution in [0, 0.1) is 0 Å². The highest BCUT2D eigenvalue weighted by Crippen LogP contribution is 2.36. The number of ether oxygens (including phenoxy) is 2. The van der Waals surface area contributed by atoms with Gasteiger partial charge in [0.1, 0.15) is 13.2 Å². The maximum atomic E-state index is 5.67. The molecule has 1 aliphatic heterocycles. The third-order valence-corrected chi connectivity index (χ3v) is 5.14. The van der Waals surface area contributed by atoms with Gasteiger partial charge in [-0.2, -0.15) is 0 Å². The summed E-state index contributed by atoms with van der Waals surface area (Å²) in [7, 11) is 0. The largest absolute Gasteiger partial charge is 0.486 e. The van der Waals surface area contributed by atoms with Gasteiger partial charge < -0.3 is 14.8 Å². The standard InChI is InChI=1S/C16H19NO2S2/c1-20-16-10-15-14(18-6-7-19-15)9-12(16)11-17-5-4-13-3-2-8-21-13/h2-3,8-10,17H,4-7,11H2,1H3. The van der Waals surface area contributed by atoms with Gasteiger partial charge in [-0.3, -0.25) is 0 Å². The summed E-state index contributed by atoms with van der Waals surface area (Å²) < 4.78 is 11.3. The summed E-state index contributed by atoms with van der Waals surface area (Å²) in [5.41, 5.74) is 1.28. The molecule has 1 N–H and O–H groups in total. The highest BCUT2D eigenvalue weighted by molar-refractivity contribution is 7.98. The highest BCUT2D eigenvalue weighted by atomic mass is 32.2. The van der Waals surface area contributed by atoms with Crippen LogP contribution in [0.2, 0.25) is 0 Å². The predicted molar refractivity (Wildman–Crippen MR) is 88.9 cm³/mol. The lowest BCUT2D eigenvalue weighted by Gasteiger charge is -2.21. The first-order valence-corrected chi connectivity index (χ1v) is 9.17. The molecule has 1 aliphatic rings. The molecular weight excluding hydrogens is 302 g/mol. The lowest BCUT2D eigenvalue weighted by Crippen LogP contribution is -2.19. The van der Waals surface area contributed by atoms with E-state index in [0.29, 0.717) is 13.2 Å². The molecule has 0 saturated carbocycles. The van der Waals surface area contributed by atoms with Gasteiger partial charge >= 0.3 is 0 Å². The van der Waals surface area contributed by atoms with Crippen molar-refractivity contribution in [1.82, 2.24) is 5.32 Å². The van der Waals surface area contributed by atoms with Crippen LogP contribution in [0.25, 0.3) is 0 Å². The maximum absolute atomic E-state index is 5.67. The van der Waals surface area contributed by atoms with Crippen LogP contribution in [0.1, 0.15) is 10.4 Å². The van der Waals surface area contributed by atoms with E-state index in [-0.39, 0.29) is 0 Å².